The van der Waals surface area contributed by atoms with Crippen molar-refractivity contribution in [3.8, 4) is 5.88 Å². The lowest BCUT2D eigenvalue weighted by molar-refractivity contribution is -0.153. The van der Waals surface area contributed by atoms with E-state index in [-0.39, 0.29) is 23.9 Å². The first kappa shape index (κ1) is 27.3. The Kier molecular flexibility index (Phi) is 8.06. The lowest BCUT2D eigenvalue weighted by atomic mass is 9.91. The molecule has 0 N–H and O–H groups in total. The maximum Gasteiger partial charge on any atom is 0.425 e. The van der Waals surface area contributed by atoms with E-state index in [1.165, 1.54) is 11.8 Å². The van der Waals surface area contributed by atoms with Crippen molar-refractivity contribution >= 4 is 34.6 Å². The van der Waals surface area contributed by atoms with Gasteiger partial charge in [-0.05, 0) is 44.0 Å². The van der Waals surface area contributed by atoms with Crippen LogP contribution in [-0.2, 0) is 14.3 Å². The summed E-state index contributed by atoms with van der Waals surface area (Å²) in [5, 5.41) is 0. The predicted octanol–water partition coefficient (Wildman–Crippen LogP) is 6.13. The number of carbonyl (C=O) groups excluding carboxylic acids is 2. The largest absolute Gasteiger partial charge is 0.457 e. The van der Waals surface area contributed by atoms with E-state index in [0.717, 1.165) is 19.3 Å². The van der Waals surface area contributed by atoms with E-state index in [1.54, 1.807) is 17.8 Å². The van der Waals surface area contributed by atoms with Gasteiger partial charge in [-0.3, -0.25) is 9.36 Å². The van der Waals surface area contributed by atoms with Crippen molar-refractivity contribution in [3.63, 3.8) is 0 Å². The SMILES string of the molecule is CCCC1[C@@H](CC)O[C@@H](n2cnc3c(OC(=O)N(c4ccccc4)c4ccccc4)nc(C)nc32)[C@H]1OC(C)=O. The summed E-state index contributed by atoms with van der Waals surface area (Å²) in [4.78, 5) is 40.7. The number of anilines is 2. The van der Waals surface area contributed by atoms with Crippen LogP contribution in [0.5, 0.6) is 5.88 Å². The summed E-state index contributed by atoms with van der Waals surface area (Å²) in [6.07, 6.45) is 2.27. The van der Waals surface area contributed by atoms with Crippen LogP contribution >= 0.6 is 0 Å². The Hall–Kier alpha value is -4.31. The van der Waals surface area contributed by atoms with E-state index in [9.17, 15) is 9.59 Å². The van der Waals surface area contributed by atoms with Crippen molar-refractivity contribution in [1.82, 2.24) is 19.5 Å². The quantitative estimate of drug-likeness (QED) is 0.244. The molecule has 2 aromatic heterocycles. The summed E-state index contributed by atoms with van der Waals surface area (Å²) in [6, 6.07) is 18.5. The van der Waals surface area contributed by atoms with Crippen molar-refractivity contribution in [3.05, 3.63) is 72.8 Å². The minimum absolute atomic E-state index is 0.0299. The second-order valence-corrected chi connectivity index (χ2v) is 9.77. The van der Waals surface area contributed by atoms with Crippen LogP contribution in [0.3, 0.4) is 0 Å². The number of hydrogen-bond donors (Lipinski definition) is 0. The van der Waals surface area contributed by atoms with Crippen LogP contribution in [0.1, 0.15) is 52.1 Å². The zero-order valence-electron chi connectivity index (χ0n) is 23.1. The number of amides is 1. The van der Waals surface area contributed by atoms with Gasteiger partial charge in [0.15, 0.2) is 23.5 Å². The van der Waals surface area contributed by atoms with Gasteiger partial charge in [-0.1, -0.05) is 56.7 Å². The predicted molar refractivity (Wildman–Crippen MR) is 149 cm³/mol. The Balaban J connectivity index is 1.52. The number of ether oxygens (including phenoxy) is 3. The third-order valence-electron chi connectivity index (χ3n) is 6.99. The molecule has 40 heavy (non-hydrogen) atoms. The Morgan fingerprint density at radius 2 is 1.65 bits per heavy atom. The van der Waals surface area contributed by atoms with E-state index in [4.69, 9.17) is 14.2 Å². The zero-order chi connectivity index (χ0) is 28.2. The summed E-state index contributed by atoms with van der Waals surface area (Å²) in [6.45, 7) is 7.28. The van der Waals surface area contributed by atoms with Crippen molar-refractivity contribution in [1.29, 1.82) is 0 Å². The second-order valence-electron chi connectivity index (χ2n) is 9.77. The molecule has 208 valence electrons. The molecule has 0 bridgehead atoms. The van der Waals surface area contributed by atoms with Crippen LogP contribution in [0.25, 0.3) is 11.2 Å². The molecular formula is C30H33N5O5. The number of hydrogen-bond acceptors (Lipinski definition) is 8. The van der Waals surface area contributed by atoms with Crippen LogP contribution in [0.4, 0.5) is 16.2 Å². The van der Waals surface area contributed by atoms with E-state index < -0.39 is 18.4 Å². The fourth-order valence-electron chi connectivity index (χ4n) is 5.32. The van der Waals surface area contributed by atoms with Crippen molar-refractivity contribution in [2.24, 2.45) is 5.92 Å². The third kappa shape index (κ3) is 5.40. The molecule has 0 aliphatic carbocycles. The zero-order valence-corrected chi connectivity index (χ0v) is 23.1. The van der Waals surface area contributed by atoms with Gasteiger partial charge >= 0.3 is 12.1 Å². The second kappa shape index (κ2) is 11.8. The average Bonchev–Trinajstić information content (AvgIpc) is 3.51. The molecule has 2 aromatic carbocycles. The van der Waals surface area contributed by atoms with Gasteiger partial charge in [-0.25, -0.2) is 19.7 Å². The molecule has 1 aliphatic rings. The smallest absolute Gasteiger partial charge is 0.425 e. The summed E-state index contributed by atoms with van der Waals surface area (Å²) >= 11 is 0. The standard InChI is InChI=1S/C30H33N5O5/c1-5-13-23-24(6-2)39-29(26(23)38-20(4)36)34-18-31-25-27(34)32-19(3)33-28(25)40-30(37)35(21-14-9-7-10-15-21)22-16-11-8-12-17-22/h7-12,14-18,23-24,26,29H,5-6,13H2,1-4H3/t23?,24-,26+,29-/m1/s1. The first-order valence-electron chi connectivity index (χ1n) is 13.6. The van der Waals surface area contributed by atoms with Crippen LogP contribution in [0.2, 0.25) is 0 Å². The van der Waals surface area contributed by atoms with Crippen LogP contribution < -0.4 is 9.64 Å². The number of para-hydroxylation sites is 2. The van der Waals surface area contributed by atoms with E-state index >= 15 is 0 Å². The van der Waals surface area contributed by atoms with Crippen molar-refractivity contribution in [2.45, 2.75) is 65.4 Å². The molecule has 1 amide bonds. The number of aromatic nitrogens is 4. The lowest BCUT2D eigenvalue weighted by Gasteiger charge is -2.24. The van der Waals surface area contributed by atoms with Gasteiger partial charge in [-0.15, -0.1) is 0 Å². The molecule has 3 heterocycles. The van der Waals surface area contributed by atoms with Crippen LogP contribution in [0.15, 0.2) is 67.0 Å². The lowest BCUT2D eigenvalue weighted by Crippen LogP contribution is -2.31. The van der Waals surface area contributed by atoms with E-state index in [0.29, 0.717) is 28.4 Å². The van der Waals surface area contributed by atoms with Gasteiger partial charge < -0.3 is 14.2 Å². The minimum Gasteiger partial charge on any atom is -0.457 e. The van der Waals surface area contributed by atoms with Gasteiger partial charge in [0.1, 0.15) is 5.82 Å². The van der Waals surface area contributed by atoms with Crippen molar-refractivity contribution in [2.75, 3.05) is 4.90 Å². The monoisotopic (exact) mass is 543 g/mol. The Morgan fingerprint density at radius 3 is 2.23 bits per heavy atom. The van der Waals surface area contributed by atoms with E-state index in [2.05, 4.69) is 28.8 Å². The molecule has 0 radical (unpaired) electrons. The molecule has 4 aromatic rings. The topological polar surface area (TPSA) is 109 Å². The first-order valence-corrected chi connectivity index (χ1v) is 13.6. The Labute approximate surface area is 232 Å². The molecule has 5 rings (SSSR count). The highest BCUT2D eigenvalue weighted by Gasteiger charge is 2.47. The fraction of sp³-hybridized carbons (Fsp3) is 0.367. The molecule has 1 fully saturated rings. The number of aryl methyl sites for hydroxylation is 1. The first-order chi connectivity index (χ1) is 19.4. The molecule has 4 atom stereocenters. The maximum atomic E-state index is 13.6. The van der Waals surface area contributed by atoms with Gasteiger partial charge in [0, 0.05) is 12.8 Å². The maximum absolute atomic E-state index is 13.6. The molecule has 10 nitrogen and oxygen atoms in total. The normalized spacial score (nSPS) is 20.4. The number of nitrogens with zero attached hydrogens (tertiary/aromatic N) is 5. The van der Waals surface area contributed by atoms with Gasteiger partial charge in [0.2, 0.25) is 0 Å². The number of imidazole rings is 1. The van der Waals surface area contributed by atoms with Gasteiger partial charge in [0.25, 0.3) is 5.88 Å². The highest BCUT2D eigenvalue weighted by Crippen LogP contribution is 2.41. The van der Waals surface area contributed by atoms with E-state index in [1.807, 2.05) is 60.7 Å². The van der Waals surface area contributed by atoms with Crippen LogP contribution in [-0.4, -0.2) is 43.8 Å². The Bertz CT molecular complexity index is 1440. The minimum atomic E-state index is -0.643. The molecule has 1 saturated heterocycles. The number of fused-ring (bicyclic) bond motifs is 1. The number of esters is 1. The highest BCUT2D eigenvalue weighted by molar-refractivity contribution is 5.97. The molecular weight excluding hydrogens is 510 g/mol. The van der Waals surface area contributed by atoms with Crippen LogP contribution in [0, 0.1) is 12.8 Å². The molecule has 0 spiro atoms. The number of benzene rings is 2. The third-order valence-corrected chi connectivity index (χ3v) is 6.99. The summed E-state index contributed by atoms with van der Waals surface area (Å²) in [5.74, 6) is 0.0830. The molecule has 1 unspecified atom stereocenters. The average molecular weight is 544 g/mol. The van der Waals surface area contributed by atoms with Crippen molar-refractivity contribution < 1.29 is 23.8 Å². The Morgan fingerprint density at radius 1 is 1.00 bits per heavy atom. The molecule has 10 heteroatoms. The molecule has 1 aliphatic heterocycles. The number of rotatable bonds is 8. The fourth-order valence-corrected chi connectivity index (χ4v) is 5.32. The van der Waals surface area contributed by atoms with Gasteiger partial charge in [0.05, 0.1) is 23.8 Å². The van der Waals surface area contributed by atoms with Gasteiger partial charge in [-0.2, -0.15) is 4.98 Å². The summed E-state index contributed by atoms with van der Waals surface area (Å²) in [7, 11) is 0. The highest BCUT2D eigenvalue weighted by atomic mass is 16.6. The molecule has 0 saturated carbocycles. The number of carbonyl (C=O) groups is 2. The summed E-state index contributed by atoms with van der Waals surface area (Å²) < 4.78 is 19.9. The summed E-state index contributed by atoms with van der Waals surface area (Å²) in [5.41, 5.74) is 2.01.